The molecule has 0 fully saturated rings. The van der Waals surface area contributed by atoms with Gasteiger partial charge in [-0.1, -0.05) is 79.4 Å². The third-order valence-electron chi connectivity index (χ3n) is 6.88. The van der Waals surface area contributed by atoms with E-state index in [1.807, 2.05) is 47.2 Å². The highest BCUT2D eigenvalue weighted by Gasteiger charge is 2.12. The van der Waals surface area contributed by atoms with E-state index in [0.717, 1.165) is 41.2 Å². The number of methoxy groups -OCH3 is 1. The van der Waals surface area contributed by atoms with Crippen LogP contribution in [0.15, 0.2) is 89.2 Å². The second-order valence-corrected chi connectivity index (χ2v) is 11.6. The van der Waals surface area contributed by atoms with E-state index in [1.54, 1.807) is 36.3 Å². The first-order valence-electron chi connectivity index (χ1n) is 14.1. The van der Waals surface area contributed by atoms with Crippen LogP contribution in [0.5, 0.6) is 0 Å². The maximum absolute atomic E-state index is 12.9. The fourth-order valence-corrected chi connectivity index (χ4v) is 5.69. The van der Waals surface area contributed by atoms with Crippen molar-refractivity contribution in [1.29, 1.82) is 0 Å². The highest BCUT2D eigenvalue weighted by molar-refractivity contribution is 7.99. The van der Waals surface area contributed by atoms with Crippen LogP contribution in [-0.4, -0.2) is 33.4 Å². The van der Waals surface area contributed by atoms with Crippen molar-refractivity contribution in [2.24, 2.45) is 0 Å². The molecule has 41 heavy (non-hydrogen) atoms. The molecule has 6 nitrogen and oxygen atoms in total. The van der Waals surface area contributed by atoms with Gasteiger partial charge in [0.1, 0.15) is 0 Å². The summed E-state index contributed by atoms with van der Waals surface area (Å²) in [5.41, 5.74) is 4.26. The number of ether oxygens (including phenoxy) is 1. The van der Waals surface area contributed by atoms with Crippen molar-refractivity contribution >= 4 is 29.3 Å². The number of nitrogens with zero attached hydrogens (tertiary/aromatic N) is 3. The van der Waals surface area contributed by atoms with E-state index in [9.17, 15) is 9.59 Å². The van der Waals surface area contributed by atoms with Gasteiger partial charge in [0.2, 0.25) is 0 Å². The van der Waals surface area contributed by atoms with Gasteiger partial charge in [-0.15, -0.1) is 0 Å². The number of aryl methyl sites for hydroxylation is 1. The summed E-state index contributed by atoms with van der Waals surface area (Å²) in [6.07, 6.45) is 14.1. The monoisotopic (exact) mass is 589 g/mol. The van der Waals surface area contributed by atoms with Crippen molar-refractivity contribution in [3.63, 3.8) is 0 Å². The minimum atomic E-state index is -0.363. The van der Waals surface area contributed by atoms with Gasteiger partial charge < -0.3 is 9.30 Å². The average molecular weight is 590 g/mol. The van der Waals surface area contributed by atoms with Crippen LogP contribution < -0.4 is 5.56 Å². The standard InChI is InChI=1S/C33H36ClN3O3S/c1-40-32(39)28-15-11-26(12-16-28)23-37-24-29(21-27-10-8-19-35-22-27)31(38)36-33(37)41-20-7-5-3-2-4-6-9-25-13-17-30(34)18-14-25/h8,10-19,22,24H,2-7,9,20-21,23H2,1H3. The third kappa shape index (κ3) is 9.87. The van der Waals surface area contributed by atoms with Crippen LogP contribution in [0.3, 0.4) is 0 Å². The molecule has 8 heteroatoms. The van der Waals surface area contributed by atoms with Crippen LogP contribution in [0.1, 0.15) is 71.1 Å². The zero-order chi connectivity index (χ0) is 28.9. The Morgan fingerprint density at radius 1 is 0.902 bits per heavy atom. The largest absolute Gasteiger partial charge is 0.465 e. The van der Waals surface area contributed by atoms with Crippen molar-refractivity contribution < 1.29 is 9.53 Å². The van der Waals surface area contributed by atoms with Gasteiger partial charge in [0.25, 0.3) is 5.56 Å². The van der Waals surface area contributed by atoms with Crippen LogP contribution >= 0.6 is 23.4 Å². The molecule has 2 heterocycles. The molecule has 0 unspecified atom stereocenters. The van der Waals surface area contributed by atoms with Gasteiger partial charge in [0.05, 0.1) is 12.7 Å². The first kappa shape index (κ1) is 30.5. The smallest absolute Gasteiger partial charge is 0.337 e. The van der Waals surface area contributed by atoms with E-state index in [0.29, 0.717) is 29.2 Å². The van der Waals surface area contributed by atoms with Crippen LogP contribution in [0, 0.1) is 0 Å². The third-order valence-corrected chi connectivity index (χ3v) is 8.21. The lowest BCUT2D eigenvalue weighted by atomic mass is 10.1. The highest BCUT2D eigenvalue weighted by atomic mass is 35.5. The summed E-state index contributed by atoms with van der Waals surface area (Å²) in [6.45, 7) is 0.546. The number of benzene rings is 2. The predicted molar refractivity (Wildman–Crippen MR) is 166 cm³/mol. The van der Waals surface area contributed by atoms with Crippen molar-refractivity contribution in [2.45, 2.75) is 63.1 Å². The molecule has 0 saturated heterocycles. The first-order chi connectivity index (χ1) is 20.0. The summed E-state index contributed by atoms with van der Waals surface area (Å²) in [7, 11) is 1.37. The van der Waals surface area contributed by atoms with Crippen molar-refractivity contribution in [2.75, 3.05) is 12.9 Å². The number of hydrogen-bond acceptors (Lipinski definition) is 6. The average Bonchev–Trinajstić information content (AvgIpc) is 2.99. The first-order valence-corrected chi connectivity index (χ1v) is 15.4. The number of aromatic nitrogens is 3. The Labute approximate surface area is 251 Å². The maximum atomic E-state index is 12.9. The molecule has 4 rings (SSSR count). The van der Waals surface area contributed by atoms with E-state index in [1.165, 1.54) is 38.4 Å². The second kappa shape index (κ2) is 16.1. The summed E-state index contributed by atoms with van der Waals surface area (Å²) < 4.78 is 6.85. The molecule has 0 aliphatic carbocycles. The van der Waals surface area contributed by atoms with Gasteiger partial charge >= 0.3 is 5.97 Å². The quantitative estimate of drug-likeness (QED) is 0.0623. The fourth-order valence-electron chi connectivity index (χ4n) is 4.61. The summed E-state index contributed by atoms with van der Waals surface area (Å²) >= 11 is 7.59. The van der Waals surface area contributed by atoms with Gasteiger partial charge in [0, 0.05) is 47.9 Å². The van der Waals surface area contributed by atoms with Crippen molar-refractivity contribution in [1.82, 2.24) is 14.5 Å². The molecule has 0 radical (unpaired) electrons. The topological polar surface area (TPSA) is 74.1 Å². The highest BCUT2D eigenvalue weighted by Crippen LogP contribution is 2.20. The van der Waals surface area contributed by atoms with Gasteiger partial charge in [-0.2, -0.15) is 4.98 Å². The van der Waals surface area contributed by atoms with Crippen LogP contribution in [0.2, 0.25) is 5.02 Å². The molecule has 0 amide bonds. The summed E-state index contributed by atoms with van der Waals surface area (Å²) in [6, 6.07) is 19.3. The summed E-state index contributed by atoms with van der Waals surface area (Å²) in [5.74, 6) is 0.540. The molecule has 0 atom stereocenters. The molecule has 0 aliphatic heterocycles. The van der Waals surface area contributed by atoms with Gasteiger partial charge in [-0.05, 0) is 66.3 Å². The Morgan fingerprint density at radius 3 is 2.32 bits per heavy atom. The lowest BCUT2D eigenvalue weighted by Gasteiger charge is -2.14. The number of unbranched alkanes of at least 4 members (excludes halogenated alkanes) is 5. The summed E-state index contributed by atoms with van der Waals surface area (Å²) in [4.78, 5) is 33.4. The van der Waals surface area contributed by atoms with Crippen LogP contribution in [0.25, 0.3) is 0 Å². The second-order valence-electron chi connectivity index (χ2n) is 10.1. The maximum Gasteiger partial charge on any atom is 0.337 e. The number of pyridine rings is 1. The number of rotatable bonds is 15. The summed E-state index contributed by atoms with van der Waals surface area (Å²) in [5, 5.41) is 1.50. The molecular formula is C33H36ClN3O3S. The van der Waals surface area contributed by atoms with E-state index in [4.69, 9.17) is 16.3 Å². The van der Waals surface area contributed by atoms with E-state index >= 15 is 0 Å². The molecule has 0 spiro atoms. The van der Waals surface area contributed by atoms with Crippen molar-refractivity contribution in [3.8, 4) is 0 Å². The van der Waals surface area contributed by atoms with E-state index in [2.05, 4.69) is 22.1 Å². The normalized spacial score (nSPS) is 11.0. The fraction of sp³-hybridized carbons (Fsp3) is 0.333. The number of halogens is 1. The van der Waals surface area contributed by atoms with Crippen molar-refractivity contribution in [3.05, 3.63) is 122 Å². The Balaban J connectivity index is 1.32. The molecule has 0 saturated carbocycles. The Kier molecular flexibility index (Phi) is 12.0. The molecular weight excluding hydrogens is 554 g/mol. The zero-order valence-electron chi connectivity index (χ0n) is 23.4. The molecule has 2 aromatic carbocycles. The number of carbonyl (C=O) groups excluding carboxylic acids is 1. The van der Waals surface area contributed by atoms with Gasteiger partial charge in [0.15, 0.2) is 5.16 Å². The number of carbonyl (C=O) groups is 1. The van der Waals surface area contributed by atoms with E-state index < -0.39 is 0 Å². The Bertz CT molecular complexity index is 1440. The lowest BCUT2D eigenvalue weighted by Crippen LogP contribution is -2.20. The Hall–Kier alpha value is -3.42. The van der Waals surface area contributed by atoms with Crippen LogP contribution in [0.4, 0.5) is 0 Å². The minimum Gasteiger partial charge on any atom is -0.465 e. The van der Waals surface area contributed by atoms with Gasteiger partial charge in [-0.25, -0.2) is 4.79 Å². The minimum absolute atomic E-state index is 0.200. The molecule has 0 N–H and O–H groups in total. The number of thioether (sulfide) groups is 1. The van der Waals surface area contributed by atoms with E-state index in [-0.39, 0.29) is 11.5 Å². The molecule has 214 valence electrons. The lowest BCUT2D eigenvalue weighted by molar-refractivity contribution is 0.0600. The SMILES string of the molecule is COC(=O)c1ccc(Cn2cc(Cc3cccnc3)c(=O)nc2SCCCCCCCCc2ccc(Cl)cc2)cc1. The molecule has 0 bridgehead atoms. The van der Waals surface area contributed by atoms with Crippen LogP contribution in [-0.2, 0) is 24.1 Å². The zero-order valence-corrected chi connectivity index (χ0v) is 25.0. The predicted octanol–water partition coefficient (Wildman–Crippen LogP) is 7.39. The molecule has 0 aliphatic rings. The number of hydrogen-bond donors (Lipinski definition) is 0. The molecule has 2 aromatic heterocycles. The molecule has 4 aromatic rings. The number of esters is 1. The Morgan fingerprint density at radius 2 is 1.61 bits per heavy atom. The van der Waals surface area contributed by atoms with Gasteiger partial charge in [-0.3, -0.25) is 9.78 Å².